The van der Waals surface area contributed by atoms with Crippen molar-refractivity contribution < 1.29 is 13.5 Å². The predicted octanol–water partition coefficient (Wildman–Crippen LogP) is 2.65. The monoisotopic (exact) mass is 392 g/mol. The second-order valence-electron chi connectivity index (χ2n) is 4.63. The van der Waals surface area contributed by atoms with Crippen LogP contribution in [-0.4, -0.2) is 29.4 Å². The fourth-order valence-electron chi connectivity index (χ4n) is 2.04. The molecule has 0 aromatic carbocycles. The van der Waals surface area contributed by atoms with Crippen LogP contribution in [0.4, 0.5) is 0 Å². The van der Waals surface area contributed by atoms with Crippen LogP contribution in [0.3, 0.4) is 0 Å². The maximum Gasteiger partial charge on any atom is 0.244 e. The summed E-state index contributed by atoms with van der Waals surface area (Å²) < 4.78 is 29.2. The number of rotatable bonds is 6. The summed E-state index contributed by atoms with van der Waals surface area (Å²) in [6, 6.07) is 3.44. The van der Waals surface area contributed by atoms with E-state index in [2.05, 4.69) is 15.9 Å². The number of aryl methyl sites for hydroxylation is 1. The van der Waals surface area contributed by atoms with Crippen molar-refractivity contribution in [1.82, 2.24) is 8.87 Å². The summed E-state index contributed by atoms with van der Waals surface area (Å²) in [6.45, 7) is 2.66. The highest BCUT2D eigenvalue weighted by Gasteiger charge is 2.23. The Labute approximate surface area is 137 Å². The molecule has 0 spiro atoms. The van der Waals surface area contributed by atoms with Crippen molar-refractivity contribution >= 4 is 37.3 Å². The van der Waals surface area contributed by atoms with Crippen LogP contribution in [0, 0.1) is 0 Å². The van der Waals surface area contributed by atoms with Crippen LogP contribution in [-0.2, 0) is 29.7 Å². The Kier molecular flexibility index (Phi) is 5.26. The lowest BCUT2D eigenvalue weighted by atomic mass is 10.3. The molecule has 0 saturated heterocycles. The number of aliphatic hydroxyl groups excluding tert-OH is 1. The summed E-state index contributed by atoms with van der Waals surface area (Å²) in [6.07, 6.45) is 1.57. The maximum absolute atomic E-state index is 12.6. The maximum atomic E-state index is 12.6. The fourth-order valence-corrected chi connectivity index (χ4v) is 4.47. The van der Waals surface area contributed by atoms with Gasteiger partial charge in [0.15, 0.2) is 0 Å². The van der Waals surface area contributed by atoms with Crippen LogP contribution in [0.15, 0.2) is 32.4 Å². The fraction of sp³-hybridized carbons (Fsp3) is 0.385. The van der Waals surface area contributed by atoms with Crippen LogP contribution in [0.25, 0.3) is 0 Å². The Balaban J connectivity index is 2.26. The van der Waals surface area contributed by atoms with Gasteiger partial charge >= 0.3 is 0 Å². The van der Waals surface area contributed by atoms with E-state index in [1.54, 1.807) is 17.8 Å². The van der Waals surface area contributed by atoms with Gasteiger partial charge in [-0.25, -0.2) is 8.42 Å². The molecule has 0 bridgehead atoms. The molecule has 21 heavy (non-hydrogen) atoms. The van der Waals surface area contributed by atoms with Gasteiger partial charge in [0.05, 0.1) is 10.4 Å². The van der Waals surface area contributed by atoms with Gasteiger partial charge in [0.25, 0.3) is 0 Å². The minimum atomic E-state index is -3.56. The van der Waals surface area contributed by atoms with Gasteiger partial charge in [-0.1, -0.05) is 0 Å². The van der Waals surface area contributed by atoms with Gasteiger partial charge in [-0.2, -0.15) is 4.31 Å². The van der Waals surface area contributed by atoms with E-state index in [1.165, 1.54) is 21.7 Å². The zero-order chi connectivity index (χ0) is 15.6. The Bertz CT molecular complexity index is 700. The lowest BCUT2D eigenvalue weighted by Crippen LogP contribution is -2.26. The molecular formula is C13H17BrN2O3S2. The normalized spacial score (nSPS) is 12.2. The van der Waals surface area contributed by atoms with E-state index < -0.39 is 10.0 Å². The minimum absolute atomic E-state index is 0.176. The van der Waals surface area contributed by atoms with E-state index in [0.29, 0.717) is 18.8 Å². The largest absolute Gasteiger partial charge is 0.390 e. The Morgan fingerprint density at radius 2 is 2.14 bits per heavy atom. The highest BCUT2D eigenvalue weighted by molar-refractivity contribution is 9.11. The highest BCUT2D eigenvalue weighted by Crippen LogP contribution is 2.24. The van der Waals surface area contributed by atoms with E-state index in [-0.39, 0.29) is 11.5 Å². The van der Waals surface area contributed by atoms with Crippen LogP contribution in [0.1, 0.15) is 18.2 Å². The molecule has 1 N–H and O–H groups in total. The number of hydrogen-bond donors (Lipinski definition) is 1. The first kappa shape index (κ1) is 16.7. The van der Waals surface area contributed by atoms with Crippen molar-refractivity contribution in [3.63, 3.8) is 0 Å². The lowest BCUT2D eigenvalue weighted by molar-refractivity contribution is 0.271. The van der Waals surface area contributed by atoms with E-state index in [1.807, 2.05) is 18.4 Å². The summed E-state index contributed by atoms with van der Waals surface area (Å²) >= 11 is 4.89. The van der Waals surface area contributed by atoms with Crippen molar-refractivity contribution in [3.8, 4) is 0 Å². The van der Waals surface area contributed by atoms with Gasteiger partial charge in [0.2, 0.25) is 10.0 Å². The molecule has 5 nitrogen and oxygen atoms in total. The van der Waals surface area contributed by atoms with Crippen molar-refractivity contribution in [2.45, 2.75) is 31.5 Å². The number of aromatic nitrogens is 1. The van der Waals surface area contributed by atoms with E-state index in [4.69, 9.17) is 0 Å². The van der Waals surface area contributed by atoms with Crippen LogP contribution >= 0.6 is 27.3 Å². The van der Waals surface area contributed by atoms with Crippen molar-refractivity contribution in [2.24, 2.45) is 0 Å². The molecule has 2 aromatic heterocycles. The minimum Gasteiger partial charge on any atom is -0.390 e. The average molecular weight is 393 g/mol. The third-order valence-corrected chi connectivity index (χ3v) is 6.52. The molecule has 116 valence electrons. The smallest absolute Gasteiger partial charge is 0.244 e. The molecule has 0 unspecified atom stereocenters. The summed E-state index contributed by atoms with van der Waals surface area (Å²) in [5.74, 6) is 0. The van der Waals surface area contributed by atoms with Crippen LogP contribution in [0.5, 0.6) is 0 Å². The zero-order valence-corrected chi connectivity index (χ0v) is 15.0. The molecule has 8 heteroatoms. The third kappa shape index (κ3) is 3.57. The molecule has 2 aromatic rings. The van der Waals surface area contributed by atoms with Gasteiger partial charge in [-0.05, 0) is 45.9 Å². The van der Waals surface area contributed by atoms with E-state index >= 15 is 0 Å². The average Bonchev–Trinajstić information content (AvgIpc) is 3.04. The zero-order valence-electron chi connectivity index (χ0n) is 11.8. The second-order valence-corrected chi connectivity index (χ2v) is 8.97. The molecule has 0 radical (unpaired) electrons. The van der Waals surface area contributed by atoms with Gasteiger partial charge in [0.1, 0.15) is 4.90 Å². The molecule has 0 aliphatic rings. The number of aliphatic hydroxyl groups is 1. The Hall–Kier alpha value is -0.670. The van der Waals surface area contributed by atoms with Gasteiger partial charge in [0, 0.05) is 32.0 Å². The summed E-state index contributed by atoms with van der Waals surface area (Å²) in [7, 11) is -2.00. The SMILES string of the molecule is CCn1cc(S(=O)(=O)N(C)Cc2csc(Br)c2)cc1CO. The molecule has 2 rings (SSSR count). The predicted molar refractivity (Wildman–Crippen MR) is 86.7 cm³/mol. The Morgan fingerprint density at radius 3 is 2.62 bits per heavy atom. The Morgan fingerprint density at radius 1 is 1.43 bits per heavy atom. The highest BCUT2D eigenvalue weighted by atomic mass is 79.9. The van der Waals surface area contributed by atoms with Crippen molar-refractivity contribution in [1.29, 1.82) is 0 Å². The number of hydrogen-bond acceptors (Lipinski definition) is 4. The third-order valence-electron chi connectivity index (χ3n) is 3.20. The summed E-state index contributed by atoms with van der Waals surface area (Å²) in [4.78, 5) is 0.213. The number of thiophene rings is 1. The topological polar surface area (TPSA) is 62.5 Å². The number of sulfonamides is 1. The van der Waals surface area contributed by atoms with Crippen molar-refractivity contribution in [3.05, 3.63) is 38.8 Å². The van der Waals surface area contributed by atoms with E-state index in [9.17, 15) is 13.5 Å². The van der Waals surface area contributed by atoms with Crippen LogP contribution < -0.4 is 0 Å². The van der Waals surface area contributed by atoms with Gasteiger partial charge in [-0.15, -0.1) is 11.3 Å². The summed E-state index contributed by atoms with van der Waals surface area (Å²) in [5, 5.41) is 11.2. The molecule has 2 heterocycles. The molecule has 0 fully saturated rings. The van der Waals surface area contributed by atoms with Gasteiger partial charge < -0.3 is 9.67 Å². The number of nitrogens with zero attached hydrogens (tertiary/aromatic N) is 2. The first-order chi connectivity index (χ1) is 9.88. The molecule has 0 aliphatic heterocycles. The molecule has 0 amide bonds. The first-order valence-corrected chi connectivity index (χ1v) is 9.49. The van der Waals surface area contributed by atoms with Crippen LogP contribution in [0.2, 0.25) is 0 Å². The molecule has 0 aliphatic carbocycles. The van der Waals surface area contributed by atoms with E-state index in [0.717, 1.165) is 9.35 Å². The standard InChI is InChI=1S/C13H17BrN2O3S2/c1-3-16-7-12(5-11(16)8-17)21(18,19)15(2)6-10-4-13(14)20-9-10/h4-5,7,9,17H,3,6,8H2,1-2H3. The number of halogens is 1. The second kappa shape index (κ2) is 6.62. The first-order valence-electron chi connectivity index (χ1n) is 6.37. The van der Waals surface area contributed by atoms with Gasteiger partial charge in [-0.3, -0.25) is 0 Å². The molecule has 0 saturated carbocycles. The molecular weight excluding hydrogens is 376 g/mol. The molecule has 0 atom stereocenters. The quantitative estimate of drug-likeness (QED) is 0.821. The summed E-state index contributed by atoms with van der Waals surface area (Å²) in [5.41, 5.74) is 1.54. The lowest BCUT2D eigenvalue weighted by Gasteiger charge is -2.15. The van der Waals surface area contributed by atoms with Crippen molar-refractivity contribution in [2.75, 3.05) is 7.05 Å².